The lowest BCUT2D eigenvalue weighted by Gasteiger charge is -2.25. The zero-order chi connectivity index (χ0) is 10.3. The van der Waals surface area contributed by atoms with E-state index in [4.69, 9.17) is 0 Å². The fraction of sp³-hybridized carbons (Fsp3) is 0.889. The van der Waals surface area contributed by atoms with Crippen LogP contribution in [0, 0.1) is 0 Å². The number of hydrogen-bond acceptors (Lipinski definition) is 3. The van der Waals surface area contributed by atoms with Gasteiger partial charge in [0.05, 0.1) is 0 Å². The van der Waals surface area contributed by atoms with E-state index in [0.717, 1.165) is 6.42 Å². The van der Waals surface area contributed by atoms with E-state index >= 15 is 0 Å². The molecule has 1 aliphatic rings. The number of carbonyl (C=O) groups is 1. The summed E-state index contributed by atoms with van der Waals surface area (Å²) in [6.45, 7) is 6.36. The van der Waals surface area contributed by atoms with Crippen LogP contribution in [0.4, 0.5) is 0 Å². The van der Waals surface area contributed by atoms with Crippen LogP contribution in [-0.2, 0) is 4.79 Å². The van der Waals surface area contributed by atoms with E-state index in [1.165, 1.54) is 13.8 Å². The van der Waals surface area contributed by atoms with Crippen molar-refractivity contribution in [3.63, 3.8) is 0 Å². The van der Waals surface area contributed by atoms with Gasteiger partial charge in [-0.15, -0.1) is 0 Å². The molecule has 1 atom stereocenters. The van der Waals surface area contributed by atoms with Crippen molar-refractivity contribution in [3.8, 4) is 0 Å². The first-order valence-corrected chi connectivity index (χ1v) is 4.91. The predicted molar refractivity (Wildman–Crippen MR) is 54.9 cm³/mol. The first-order chi connectivity index (χ1) is 5.72. The first-order valence-electron chi connectivity index (χ1n) is 4.46. The summed E-state index contributed by atoms with van der Waals surface area (Å²) in [4.78, 5) is 13.3. The van der Waals surface area contributed by atoms with Gasteiger partial charge in [0.2, 0.25) is 0 Å². The van der Waals surface area contributed by atoms with Crippen molar-refractivity contribution in [1.82, 2.24) is 4.90 Å². The Bertz CT molecular complexity index is 220. The lowest BCUT2D eigenvalue weighted by atomic mass is 10.1. The molecule has 4 heteroatoms. The number of nitrogens with zero attached hydrogens (tertiary/aromatic N) is 1. The lowest BCUT2D eigenvalue weighted by Crippen LogP contribution is -2.44. The molecule has 1 fully saturated rings. The SMILES string of the molecule is CC1(S)CCN(C(=O)C(C)(C)O)C1. The molecule has 0 spiro atoms. The minimum Gasteiger partial charge on any atom is -0.381 e. The molecule has 0 aromatic carbocycles. The quantitative estimate of drug-likeness (QED) is 0.615. The highest BCUT2D eigenvalue weighted by molar-refractivity contribution is 7.81. The van der Waals surface area contributed by atoms with E-state index in [1.54, 1.807) is 4.90 Å². The molecule has 13 heavy (non-hydrogen) atoms. The van der Waals surface area contributed by atoms with Crippen molar-refractivity contribution in [1.29, 1.82) is 0 Å². The van der Waals surface area contributed by atoms with Crippen LogP contribution in [0.2, 0.25) is 0 Å². The van der Waals surface area contributed by atoms with E-state index in [0.29, 0.717) is 13.1 Å². The molecule has 1 N–H and O–H groups in total. The van der Waals surface area contributed by atoms with Gasteiger partial charge in [-0.3, -0.25) is 4.79 Å². The minimum absolute atomic E-state index is 0.0963. The van der Waals surface area contributed by atoms with Crippen LogP contribution in [0.3, 0.4) is 0 Å². The fourth-order valence-corrected chi connectivity index (χ4v) is 1.78. The van der Waals surface area contributed by atoms with Gasteiger partial charge < -0.3 is 10.0 Å². The van der Waals surface area contributed by atoms with E-state index in [2.05, 4.69) is 12.6 Å². The summed E-state index contributed by atoms with van der Waals surface area (Å²) in [5.74, 6) is -0.203. The number of amides is 1. The maximum atomic E-state index is 11.6. The molecule has 3 nitrogen and oxygen atoms in total. The molecule has 0 aromatic heterocycles. The van der Waals surface area contributed by atoms with Gasteiger partial charge >= 0.3 is 0 Å². The Labute approximate surface area is 84.5 Å². The number of likely N-dealkylation sites (tertiary alicyclic amines) is 1. The average Bonchev–Trinajstić information content (AvgIpc) is 2.26. The van der Waals surface area contributed by atoms with Crippen LogP contribution in [0.5, 0.6) is 0 Å². The molecular formula is C9H17NO2S. The minimum atomic E-state index is -1.26. The predicted octanol–water partition coefficient (Wildman–Crippen LogP) is 0.678. The number of rotatable bonds is 1. The summed E-state index contributed by atoms with van der Waals surface area (Å²) in [5.41, 5.74) is -1.26. The van der Waals surface area contributed by atoms with Crippen LogP contribution in [-0.4, -0.2) is 39.4 Å². The van der Waals surface area contributed by atoms with Crippen LogP contribution in [0.15, 0.2) is 0 Å². The van der Waals surface area contributed by atoms with Crippen molar-refractivity contribution in [3.05, 3.63) is 0 Å². The van der Waals surface area contributed by atoms with E-state index in [9.17, 15) is 9.90 Å². The fourth-order valence-electron chi connectivity index (χ4n) is 1.51. The van der Waals surface area contributed by atoms with Crippen LogP contribution in [0.25, 0.3) is 0 Å². The van der Waals surface area contributed by atoms with Crippen molar-refractivity contribution in [2.45, 2.75) is 37.5 Å². The zero-order valence-electron chi connectivity index (χ0n) is 8.37. The molecule has 0 saturated carbocycles. The van der Waals surface area contributed by atoms with Gasteiger partial charge in [0, 0.05) is 17.8 Å². The summed E-state index contributed by atoms with van der Waals surface area (Å²) in [5, 5.41) is 9.50. The molecule has 0 aliphatic carbocycles. The molecule has 1 aliphatic heterocycles. The third kappa shape index (κ3) is 2.61. The molecule has 0 radical (unpaired) electrons. The van der Waals surface area contributed by atoms with E-state index < -0.39 is 5.60 Å². The normalized spacial score (nSPS) is 29.5. The summed E-state index contributed by atoms with van der Waals surface area (Å²) in [7, 11) is 0. The molecule has 1 heterocycles. The van der Waals surface area contributed by atoms with Gasteiger partial charge in [-0.25, -0.2) is 0 Å². The standard InChI is InChI=1S/C9H17NO2S/c1-8(2,12)7(11)10-5-4-9(3,13)6-10/h12-13H,4-6H2,1-3H3. The summed E-state index contributed by atoms with van der Waals surface area (Å²) >= 11 is 4.42. The van der Waals surface area contributed by atoms with Crippen molar-refractivity contribution < 1.29 is 9.90 Å². The Balaban J connectivity index is 2.62. The zero-order valence-corrected chi connectivity index (χ0v) is 9.27. The number of carbonyl (C=O) groups excluding carboxylic acids is 1. The Kier molecular flexibility index (Phi) is 2.65. The third-order valence-electron chi connectivity index (χ3n) is 2.26. The Morgan fingerprint density at radius 1 is 1.62 bits per heavy atom. The van der Waals surface area contributed by atoms with Crippen LogP contribution >= 0.6 is 12.6 Å². The molecule has 76 valence electrons. The number of thiol groups is 1. The van der Waals surface area contributed by atoms with Gasteiger partial charge in [0.25, 0.3) is 5.91 Å². The molecule has 0 bridgehead atoms. The summed E-state index contributed by atoms with van der Waals surface area (Å²) < 4.78 is -0.0963. The largest absolute Gasteiger partial charge is 0.381 e. The topological polar surface area (TPSA) is 40.5 Å². The second-order valence-electron chi connectivity index (χ2n) is 4.53. The lowest BCUT2D eigenvalue weighted by molar-refractivity contribution is -0.146. The molecule has 1 rings (SSSR count). The second-order valence-corrected chi connectivity index (χ2v) is 5.61. The van der Waals surface area contributed by atoms with Crippen LogP contribution < -0.4 is 0 Å². The second kappa shape index (κ2) is 3.17. The molecule has 0 aromatic rings. The third-order valence-corrected chi connectivity index (χ3v) is 2.63. The van der Waals surface area contributed by atoms with Gasteiger partial charge in [0.15, 0.2) is 0 Å². The maximum absolute atomic E-state index is 11.6. The number of aliphatic hydroxyl groups is 1. The van der Waals surface area contributed by atoms with Crippen molar-refractivity contribution in [2.24, 2.45) is 0 Å². The van der Waals surface area contributed by atoms with Gasteiger partial charge in [-0.05, 0) is 27.2 Å². The highest BCUT2D eigenvalue weighted by atomic mass is 32.1. The Morgan fingerprint density at radius 2 is 2.15 bits per heavy atom. The van der Waals surface area contributed by atoms with Gasteiger partial charge in [-0.2, -0.15) is 12.6 Å². The van der Waals surface area contributed by atoms with E-state index in [-0.39, 0.29) is 10.7 Å². The smallest absolute Gasteiger partial charge is 0.253 e. The maximum Gasteiger partial charge on any atom is 0.253 e. The van der Waals surface area contributed by atoms with Crippen LogP contribution in [0.1, 0.15) is 27.2 Å². The van der Waals surface area contributed by atoms with Gasteiger partial charge in [0.1, 0.15) is 5.60 Å². The molecule has 1 saturated heterocycles. The molecular weight excluding hydrogens is 186 g/mol. The molecule has 1 amide bonds. The Hall–Kier alpha value is -0.220. The highest BCUT2D eigenvalue weighted by Crippen LogP contribution is 2.28. The highest BCUT2D eigenvalue weighted by Gasteiger charge is 2.37. The van der Waals surface area contributed by atoms with Gasteiger partial charge in [-0.1, -0.05) is 0 Å². The number of hydrogen-bond donors (Lipinski definition) is 2. The monoisotopic (exact) mass is 203 g/mol. The van der Waals surface area contributed by atoms with Crippen molar-refractivity contribution >= 4 is 18.5 Å². The van der Waals surface area contributed by atoms with E-state index in [1.807, 2.05) is 6.92 Å². The first kappa shape index (κ1) is 10.9. The Morgan fingerprint density at radius 3 is 2.46 bits per heavy atom. The molecule has 1 unspecified atom stereocenters. The van der Waals surface area contributed by atoms with Crippen molar-refractivity contribution in [2.75, 3.05) is 13.1 Å². The summed E-state index contributed by atoms with van der Waals surface area (Å²) in [6.07, 6.45) is 0.887. The average molecular weight is 203 g/mol. The summed E-state index contributed by atoms with van der Waals surface area (Å²) in [6, 6.07) is 0.